The van der Waals surface area contributed by atoms with Crippen LogP contribution in [0.4, 0.5) is 0 Å². The Hall–Kier alpha value is -0.120. The Morgan fingerprint density at radius 1 is 1.50 bits per heavy atom. The first-order chi connectivity index (χ1) is 5.85. The van der Waals surface area contributed by atoms with E-state index in [0.29, 0.717) is 18.2 Å². The lowest BCUT2D eigenvalue weighted by molar-refractivity contribution is 0.101. The molecular weight excluding hydrogens is 152 g/mol. The largest absolute Gasteiger partial charge is 0.375 e. The fraction of sp³-hybridized carbons (Fsp3) is 1.00. The lowest BCUT2D eigenvalue weighted by Gasteiger charge is -2.33. The van der Waals surface area contributed by atoms with Gasteiger partial charge in [-0.2, -0.15) is 0 Å². The smallest absolute Gasteiger partial charge is 0.0716 e. The zero-order valence-corrected chi connectivity index (χ0v) is 7.51. The molecule has 0 aromatic carbocycles. The highest BCUT2D eigenvalue weighted by atomic mass is 16.5. The Morgan fingerprint density at radius 2 is 2.42 bits per heavy atom. The number of nitrogens with two attached hydrogens (primary N) is 1. The van der Waals surface area contributed by atoms with Crippen molar-refractivity contribution in [3.05, 3.63) is 0 Å². The minimum Gasteiger partial charge on any atom is -0.375 e. The van der Waals surface area contributed by atoms with Crippen molar-refractivity contribution >= 4 is 0 Å². The third-order valence-electron chi connectivity index (χ3n) is 3.06. The summed E-state index contributed by atoms with van der Waals surface area (Å²) in [6.45, 7) is 2.69. The summed E-state index contributed by atoms with van der Waals surface area (Å²) >= 11 is 0. The first-order valence-electron chi connectivity index (χ1n) is 4.91. The molecule has 2 atom stereocenters. The van der Waals surface area contributed by atoms with Gasteiger partial charge in [0.05, 0.1) is 12.7 Å². The quantitative estimate of drug-likeness (QED) is 0.593. The summed E-state index contributed by atoms with van der Waals surface area (Å²) < 4.78 is 5.61. The van der Waals surface area contributed by atoms with Crippen LogP contribution >= 0.6 is 0 Å². The standard InChI is InChI=1S/C9H18N2O/c10-6-8-5-9(7-12-8)3-1-2-4-11-9/h8,11H,1-7,10H2/t8-,9-/m0/s1. The Morgan fingerprint density at radius 3 is 3.00 bits per heavy atom. The predicted molar refractivity (Wildman–Crippen MR) is 48.0 cm³/mol. The molecule has 2 aliphatic heterocycles. The third kappa shape index (κ3) is 1.49. The molecule has 2 heterocycles. The number of ether oxygens (including phenoxy) is 1. The van der Waals surface area contributed by atoms with Gasteiger partial charge < -0.3 is 15.8 Å². The molecule has 3 N–H and O–H groups in total. The second kappa shape index (κ2) is 3.32. The molecule has 2 fully saturated rings. The Bertz CT molecular complexity index is 155. The number of nitrogens with one attached hydrogen (secondary N) is 1. The van der Waals surface area contributed by atoms with Crippen LogP contribution in [0, 0.1) is 0 Å². The number of hydrogen-bond donors (Lipinski definition) is 2. The van der Waals surface area contributed by atoms with Gasteiger partial charge in [-0.3, -0.25) is 0 Å². The number of piperidine rings is 1. The van der Waals surface area contributed by atoms with E-state index in [4.69, 9.17) is 10.5 Å². The van der Waals surface area contributed by atoms with Crippen LogP contribution in [-0.2, 0) is 4.74 Å². The van der Waals surface area contributed by atoms with Gasteiger partial charge in [0, 0.05) is 12.1 Å². The van der Waals surface area contributed by atoms with Crippen LogP contribution in [0.1, 0.15) is 25.7 Å². The molecule has 0 unspecified atom stereocenters. The van der Waals surface area contributed by atoms with E-state index in [9.17, 15) is 0 Å². The zero-order chi connectivity index (χ0) is 8.44. The average molecular weight is 170 g/mol. The number of rotatable bonds is 1. The van der Waals surface area contributed by atoms with E-state index < -0.39 is 0 Å². The maximum absolute atomic E-state index is 5.61. The highest BCUT2D eigenvalue weighted by Crippen LogP contribution is 2.30. The van der Waals surface area contributed by atoms with E-state index in [1.54, 1.807) is 0 Å². The minimum atomic E-state index is 0.294. The molecule has 0 aliphatic carbocycles. The third-order valence-corrected chi connectivity index (χ3v) is 3.06. The SMILES string of the molecule is NC[C@@H]1C[C@@]2(CCCCN2)CO1. The molecule has 2 rings (SSSR count). The second-order valence-corrected chi connectivity index (χ2v) is 4.04. The summed E-state index contributed by atoms with van der Waals surface area (Å²) in [6, 6.07) is 0. The molecular formula is C9H18N2O. The van der Waals surface area contributed by atoms with Gasteiger partial charge in [0.1, 0.15) is 0 Å². The van der Waals surface area contributed by atoms with E-state index in [1.165, 1.54) is 19.3 Å². The van der Waals surface area contributed by atoms with Gasteiger partial charge in [-0.05, 0) is 25.8 Å². The Kier molecular flexibility index (Phi) is 2.35. The molecule has 70 valence electrons. The lowest BCUT2D eigenvalue weighted by atomic mass is 9.87. The van der Waals surface area contributed by atoms with Crippen molar-refractivity contribution in [2.75, 3.05) is 19.7 Å². The van der Waals surface area contributed by atoms with Gasteiger partial charge in [0.2, 0.25) is 0 Å². The topological polar surface area (TPSA) is 47.3 Å². The number of hydrogen-bond acceptors (Lipinski definition) is 3. The maximum atomic E-state index is 5.61. The second-order valence-electron chi connectivity index (χ2n) is 4.04. The van der Waals surface area contributed by atoms with Gasteiger partial charge in [0.25, 0.3) is 0 Å². The first-order valence-corrected chi connectivity index (χ1v) is 4.91. The molecule has 0 aromatic rings. The van der Waals surface area contributed by atoms with Gasteiger partial charge in [-0.15, -0.1) is 0 Å². The molecule has 0 aromatic heterocycles. The lowest BCUT2D eigenvalue weighted by Crippen LogP contribution is -2.49. The van der Waals surface area contributed by atoms with E-state index in [2.05, 4.69) is 5.32 Å². The monoisotopic (exact) mass is 170 g/mol. The van der Waals surface area contributed by atoms with Crippen LogP contribution < -0.4 is 11.1 Å². The van der Waals surface area contributed by atoms with E-state index in [-0.39, 0.29) is 0 Å². The van der Waals surface area contributed by atoms with Crippen LogP contribution in [0.3, 0.4) is 0 Å². The van der Waals surface area contributed by atoms with Crippen molar-refractivity contribution in [3.8, 4) is 0 Å². The summed E-state index contributed by atoms with van der Waals surface area (Å²) in [6.07, 6.45) is 5.34. The van der Waals surface area contributed by atoms with E-state index in [0.717, 1.165) is 19.6 Å². The molecule has 1 spiro atoms. The van der Waals surface area contributed by atoms with Crippen LogP contribution in [-0.4, -0.2) is 31.3 Å². The minimum absolute atomic E-state index is 0.294. The molecule has 2 aliphatic rings. The van der Waals surface area contributed by atoms with E-state index >= 15 is 0 Å². The van der Waals surface area contributed by atoms with Crippen LogP contribution in [0.25, 0.3) is 0 Å². The summed E-state index contributed by atoms with van der Waals surface area (Å²) in [5, 5.41) is 3.58. The molecule has 2 saturated heterocycles. The van der Waals surface area contributed by atoms with Crippen molar-refractivity contribution in [3.63, 3.8) is 0 Å². The van der Waals surface area contributed by atoms with Crippen molar-refractivity contribution in [2.24, 2.45) is 5.73 Å². The molecule has 12 heavy (non-hydrogen) atoms. The summed E-state index contributed by atoms with van der Waals surface area (Å²) in [5.41, 5.74) is 5.86. The van der Waals surface area contributed by atoms with Crippen LogP contribution in [0.5, 0.6) is 0 Å². The van der Waals surface area contributed by atoms with Gasteiger partial charge in [0.15, 0.2) is 0 Å². The average Bonchev–Trinajstić information content (AvgIpc) is 2.50. The summed E-state index contributed by atoms with van der Waals surface area (Å²) in [7, 11) is 0. The van der Waals surface area contributed by atoms with Crippen molar-refractivity contribution in [2.45, 2.75) is 37.3 Å². The predicted octanol–water partition coefficient (Wildman–Crippen LogP) is 0.246. The Labute approximate surface area is 73.7 Å². The van der Waals surface area contributed by atoms with Gasteiger partial charge >= 0.3 is 0 Å². The van der Waals surface area contributed by atoms with Gasteiger partial charge in [-0.1, -0.05) is 6.42 Å². The van der Waals surface area contributed by atoms with E-state index in [1.807, 2.05) is 0 Å². The summed E-state index contributed by atoms with van der Waals surface area (Å²) in [4.78, 5) is 0. The molecule has 3 heteroatoms. The van der Waals surface area contributed by atoms with Crippen molar-refractivity contribution in [1.29, 1.82) is 0 Å². The van der Waals surface area contributed by atoms with Gasteiger partial charge in [-0.25, -0.2) is 0 Å². The summed E-state index contributed by atoms with van der Waals surface area (Å²) in [5.74, 6) is 0. The highest BCUT2D eigenvalue weighted by molar-refractivity contribution is 4.97. The molecule has 0 amide bonds. The molecule has 0 radical (unpaired) electrons. The molecule has 0 saturated carbocycles. The van der Waals surface area contributed by atoms with Crippen LogP contribution in [0.2, 0.25) is 0 Å². The fourth-order valence-electron chi connectivity index (χ4n) is 2.31. The Balaban J connectivity index is 1.94. The first kappa shape index (κ1) is 8.48. The fourth-order valence-corrected chi connectivity index (χ4v) is 2.31. The molecule has 3 nitrogen and oxygen atoms in total. The molecule has 0 bridgehead atoms. The van der Waals surface area contributed by atoms with Crippen LogP contribution in [0.15, 0.2) is 0 Å². The zero-order valence-electron chi connectivity index (χ0n) is 7.51. The van der Waals surface area contributed by atoms with Crippen molar-refractivity contribution in [1.82, 2.24) is 5.32 Å². The maximum Gasteiger partial charge on any atom is 0.0716 e. The van der Waals surface area contributed by atoms with Crippen molar-refractivity contribution < 1.29 is 4.74 Å². The highest BCUT2D eigenvalue weighted by Gasteiger charge is 2.39. The normalized spacial score (nSPS) is 42.2.